The Morgan fingerprint density at radius 1 is 1.11 bits per heavy atom. The predicted octanol–water partition coefficient (Wildman–Crippen LogP) is 1.26. The Bertz CT molecular complexity index is 432. The van der Waals surface area contributed by atoms with Gasteiger partial charge in [0.15, 0.2) is 0 Å². The summed E-state index contributed by atoms with van der Waals surface area (Å²) in [5, 5.41) is 4.36. The monoisotopic (exact) mass is 281 g/mol. The maximum Gasteiger partial charge on any atom is 0.244 e. The molecule has 104 valence electrons. The zero-order chi connectivity index (χ0) is 14.3. The minimum absolute atomic E-state index is 0.105. The lowest BCUT2D eigenvalue weighted by atomic mass is 10.2. The quantitative estimate of drug-likeness (QED) is 0.771. The van der Waals surface area contributed by atoms with Gasteiger partial charge in [0.2, 0.25) is 11.8 Å². The van der Waals surface area contributed by atoms with Crippen LogP contribution < -0.4 is 10.7 Å². The van der Waals surface area contributed by atoms with Crippen LogP contribution in [0.2, 0.25) is 0 Å². The molecule has 0 bridgehead atoms. The molecule has 0 saturated heterocycles. The van der Waals surface area contributed by atoms with E-state index in [1.54, 1.807) is 19.1 Å². The molecule has 0 heterocycles. The molecule has 5 nitrogen and oxygen atoms in total. The van der Waals surface area contributed by atoms with Crippen molar-refractivity contribution in [2.45, 2.75) is 6.92 Å². The topological polar surface area (TPSA) is 61.4 Å². The van der Waals surface area contributed by atoms with Gasteiger partial charge in [0.05, 0.1) is 11.5 Å². The Kier molecular flexibility index (Phi) is 6.38. The molecule has 0 spiro atoms. The van der Waals surface area contributed by atoms with E-state index in [4.69, 9.17) is 0 Å². The molecular formula is C13H19N3O2S. The second kappa shape index (κ2) is 7.81. The van der Waals surface area contributed by atoms with E-state index in [2.05, 4.69) is 10.7 Å². The number of anilines is 1. The van der Waals surface area contributed by atoms with E-state index in [0.29, 0.717) is 0 Å². The van der Waals surface area contributed by atoms with Crippen LogP contribution in [0.25, 0.3) is 0 Å². The van der Waals surface area contributed by atoms with Gasteiger partial charge >= 0.3 is 0 Å². The van der Waals surface area contributed by atoms with Crippen LogP contribution in [0.3, 0.4) is 0 Å². The molecular weight excluding hydrogens is 262 g/mol. The van der Waals surface area contributed by atoms with Crippen molar-refractivity contribution in [3.05, 3.63) is 29.8 Å². The fourth-order valence-electron chi connectivity index (χ4n) is 1.35. The third-order valence-corrected chi connectivity index (χ3v) is 3.08. The van der Waals surface area contributed by atoms with Gasteiger partial charge in [-0.05, 0) is 19.1 Å². The van der Waals surface area contributed by atoms with Crippen molar-refractivity contribution in [2.24, 2.45) is 0 Å². The van der Waals surface area contributed by atoms with E-state index < -0.39 is 0 Å². The Morgan fingerprint density at radius 2 is 1.68 bits per heavy atom. The number of nitrogens with one attached hydrogen (secondary N) is 2. The van der Waals surface area contributed by atoms with Gasteiger partial charge in [-0.1, -0.05) is 17.7 Å². The van der Waals surface area contributed by atoms with E-state index in [-0.39, 0.29) is 23.3 Å². The number of hydrogen-bond donors (Lipinski definition) is 2. The van der Waals surface area contributed by atoms with Crippen LogP contribution in [-0.2, 0) is 9.59 Å². The normalized spacial score (nSPS) is 10.3. The van der Waals surface area contributed by atoms with Crippen LogP contribution in [0, 0.1) is 6.92 Å². The van der Waals surface area contributed by atoms with Gasteiger partial charge < -0.3 is 5.32 Å². The Morgan fingerprint density at radius 3 is 2.26 bits per heavy atom. The van der Waals surface area contributed by atoms with E-state index in [1.807, 2.05) is 31.2 Å². The molecule has 0 unspecified atom stereocenters. The second-order valence-electron chi connectivity index (χ2n) is 4.34. The van der Waals surface area contributed by atoms with Gasteiger partial charge in [0.1, 0.15) is 0 Å². The standard InChI is InChI=1S/C13H19N3O2S/c1-10-4-6-11(7-5-10)14-12(17)8-19-9-13(18)15-16(2)3/h4-7H,8-9H2,1-3H3,(H,14,17)(H,15,18). The molecule has 2 amide bonds. The van der Waals surface area contributed by atoms with Crippen molar-refractivity contribution in [1.29, 1.82) is 0 Å². The molecule has 6 heteroatoms. The summed E-state index contributed by atoms with van der Waals surface area (Å²) in [5.41, 5.74) is 4.53. The molecule has 0 aliphatic carbocycles. The van der Waals surface area contributed by atoms with Crippen molar-refractivity contribution in [3.63, 3.8) is 0 Å². The highest BCUT2D eigenvalue weighted by molar-refractivity contribution is 8.00. The number of carbonyl (C=O) groups excluding carboxylic acids is 2. The first-order valence-corrected chi connectivity index (χ1v) is 7.04. The summed E-state index contributed by atoms with van der Waals surface area (Å²) >= 11 is 1.28. The van der Waals surface area contributed by atoms with Gasteiger partial charge in [0, 0.05) is 19.8 Å². The summed E-state index contributed by atoms with van der Waals surface area (Å²) < 4.78 is 0. The Hall–Kier alpha value is -1.53. The van der Waals surface area contributed by atoms with Gasteiger partial charge in [-0.25, -0.2) is 5.01 Å². The molecule has 0 aliphatic rings. The highest BCUT2D eigenvalue weighted by Crippen LogP contribution is 2.09. The van der Waals surface area contributed by atoms with Crippen molar-refractivity contribution in [2.75, 3.05) is 30.9 Å². The summed E-state index contributed by atoms with van der Waals surface area (Å²) in [7, 11) is 3.49. The summed E-state index contributed by atoms with van der Waals surface area (Å²) in [6.45, 7) is 1.99. The van der Waals surface area contributed by atoms with E-state index in [0.717, 1.165) is 11.3 Å². The molecule has 1 aromatic rings. The second-order valence-corrected chi connectivity index (χ2v) is 5.32. The average Bonchev–Trinajstić information content (AvgIpc) is 2.31. The molecule has 0 radical (unpaired) electrons. The first-order chi connectivity index (χ1) is 8.97. The number of amides is 2. The van der Waals surface area contributed by atoms with Crippen LogP contribution in [0.4, 0.5) is 5.69 Å². The number of carbonyl (C=O) groups is 2. The number of hydrogen-bond acceptors (Lipinski definition) is 4. The number of benzene rings is 1. The van der Waals surface area contributed by atoms with Crippen molar-refractivity contribution in [3.8, 4) is 0 Å². The summed E-state index contributed by atoms with van der Waals surface area (Å²) in [4.78, 5) is 23.0. The van der Waals surface area contributed by atoms with Gasteiger partial charge in [-0.15, -0.1) is 11.8 Å². The van der Waals surface area contributed by atoms with Crippen molar-refractivity contribution < 1.29 is 9.59 Å². The number of rotatable bonds is 6. The van der Waals surface area contributed by atoms with Crippen molar-refractivity contribution >= 4 is 29.3 Å². The highest BCUT2D eigenvalue weighted by Gasteiger charge is 2.06. The number of hydrazine groups is 1. The summed E-state index contributed by atoms with van der Waals surface area (Å²) in [5.74, 6) is 0.304. The van der Waals surface area contributed by atoms with Crippen LogP contribution in [-0.4, -0.2) is 42.4 Å². The third-order valence-electron chi connectivity index (χ3n) is 2.15. The molecule has 0 fully saturated rings. The largest absolute Gasteiger partial charge is 0.325 e. The van der Waals surface area contributed by atoms with E-state index >= 15 is 0 Å². The smallest absolute Gasteiger partial charge is 0.244 e. The molecule has 1 rings (SSSR count). The zero-order valence-electron chi connectivity index (χ0n) is 11.4. The fourth-order valence-corrected chi connectivity index (χ4v) is 1.96. The number of nitrogens with zero attached hydrogens (tertiary/aromatic N) is 1. The molecule has 1 aromatic carbocycles. The predicted molar refractivity (Wildman–Crippen MR) is 79.0 cm³/mol. The highest BCUT2D eigenvalue weighted by atomic mass is 32.2. The fraction of sp³-hybridized carbons (Fsp3) is 0.385. The number of thioether (sulfide) groups is 1. The average molecular weight is 281 g/mol. The summed E-state index contributed by atoms with van der Waals surface area (Å²) in [6.07, 6.45) is 0. The maximum absolute atomic E-state index is 11.6. The minimum atomic E-state index is -0.113. The minimum Gasteiger partial charge on any atom is -0.325 e. The lowest BCUT2D eigenvalue weighted by Gasteiger charge is -2.11. The van der Waals surface area contributed by atoms with Gasteiger partial charge in [-0.3, -0.25) is 15.0 Å². The molecule has 0 atom stereocenters. The lowest BCUT2D eigenvalue weighted by molar-refractivity contribution is -0.122. The molecule has 2 N–H and O–H groups in total. The first kappa shape index (κ1) is 15.5. The zero-order valence-corrected chi connectivity index (χ0v) is 12.2. The van der Waals surface area contributed by atoms with Gasteiger partial charge in [0.25, 0.3) is 0 Å². The lowest BCUT2D eigenvalue weighted by Crippen LogP contribution is -2.37. The maximum atomic E-state index is 11.6. The van der Waals surface area contributed by atoms with Gasteiger partial charge in [-0.2, -0.15) is 0 Å². The van der Waals surface area contributed by atoms with Crippen LogP contribution >= 0.6 is 11.8 Å². The molecule has 0 aliphatic heterocycles. The van der Waals surface area contributed by atoms with Crippen LogP contribution in [0.1, 0.15) is 5.56 Å². The molecule has 0 saturated carbocycles. The van der Waals surface area contributed by atoms with Crippen LogP contribution in [0.15, 0.2) is 24.3 Å². The third kappa shape index (κ3) is 6.83. The number of aryl methyl sites for hydroxylation is 1. The van der Waals surface area contributed by atoms with Crippen molar-refractivity contribution in [1.82, 2.24) is 10.4 Å². The summed E-state index contributed by atoms with van der Waals surface area (Å²) in [6, 6.07) is 7.59. The molecule has 0 aromatic heterocycles. The first-order valence-electron chi connectivity index (χ1n) is 5.88. The molecule has 19 heavy (non-hydrogen) atoms. The Labute approximate surface area is 117 Å². The SMILES string of the molecule is Cc1ccc(NC(=O)CSCC(=O)NN(C)C)cc1. The van der Waals surface area contributed by atoms with E-state index in [1.165, 1.54) is 11.8 Å². The van der Waals surface area contributed by atoms with E-state index in [9.17, 15) is 9.59 Å². The van der Waals surface area contributed by atoms with Crippen LogP contribution in [0.5, 0.6) is 0 Å². The Balaban J connectivity index is 2.25.